The molecule has 0 aliphatic carbocycles. The second-order valence-electron chi connectivity index (χ2n) is 8.18. The van der Waals surface area contributed by atoms with Crippen LogP contribution >= 0.6 is 23.5 Å². The molecule has 1 aromatic heterocycles. The van der Waals surface area contributed by atoms with Crippen LogP contribution in [0.3, 0.4) is 0 Å². The molecule has 0 spiro atoms. The highest BCUT2D eigenvalue weighted by Crippen LogP contribution is 2.33. The molecule has 31 heavy (non-hydrogen) atoms. The smallest absolute Gasteiger partial charge is 0.237 e. The van der Waals surface area contributed by atoms with E-state index in [1.807, 2.05) is 23.9 Å². The maximum atomic E-state index is 13.3. The monoisotopic (exact) mass is 460 g/mol. The van der Waals surface area contributed by atoms with Crippen LogP contribution in [0.1, 0.15) is 84.5 Å². The summed E-state index contributed by atoms with van der Waals surface area (Å²) < 4.78 is 0. The third-order valence-electron chi connectivity index (χ3n) is 5.64. The van der Waals surface area contributed by atoms with Crippen molar-refractivity contribution in [3.05, 3.63) is 30.5 Å². The highest BCUT2D eigenvalue weighted by molar-refractivity contribution is 8.00. The van der Waals surface area contributed by atoms with Crippen LogP contribution in [0, 0.1) is 0 Å². The number of carbonyl (C=O) groups is 1. The number of thioether (sulfide) groups is 2. The zero-order chi connectivity index (χ0) is 22.3. The Morgan fingerprint density at radius 3 is 2.42 bits per heavy atom. The molecule has 1 aromatic carbocycles. The van der Waals surface area contributed by atoms with Crippen molar-refractivity contribution in [3.63, 3.8) is 0 Å². The Hall–Kier alpha value is -1.20. The van der Waals surface area contributed by atoms with Crippen LogP contribution in [0.2, 0.25) is 0 Å². The van der Waals surface area contributed by atoms with E-state index >= 15 is 0 Å². The fourth-order valence-electron chi connectivity index (χ4n) is 3.79. The van der Waals surface area contributed by atoms with Crippen molar-refractivity contribution in [1.82, 2.24) is 4.98 Å². The summed E-state index contributed by atoms with van der Waals surface area (Å²) in [4.78, 5) is 18.9. The molecule has 0 saturated heterocycles. The molecule has 0 radical (unpaired) electrons. The molecule has 1 atom stereocenters. The molecule has 3 nitrogen and oxygen atoms in total. The molecule has 0 saturated carbocycles. The van der Waals surface area contributed by atoms with E-state index in [4.69, 9.17) is 0 Å². The molecule has 0 aliphatic rings. The quantitative estimate of drug-likeness (QED) is 0.202. The number of anilines is 1. The van der Waals surface area contributed by atoms with E-state index < -0.39 is 0 Å². The summed E-state index contributed by atoms with van der Waals surface area (Å²) in [6.07, 6.45) is 17.4. The van der Waals surface area contributed by atoms with Gasteiger partial charge in [-0.2, -0.15) is 0 Å². The largest absolute Gasteiger partial charge is 0.324 e. The van der Waals surface area contributed by atoms with Gasteiger partial charge in [-0.05, 0) is 49.1 Å². The Kier molecular flexibility index (Phi) is 13.1. The third-order valence-corrected chi connectivity index (χ3v) is 7.80. The molecule has 1 N–H and O–H groups in total. The van der Waals surface area contributed by atoms with Crippen molar-refractivity contribution >= 4 is 46.0 Å². The maximum absolute atomic E-state index is 13.3. The first-order valence-corrected chi connectivity index (χ1v) is 14.3. The number of aromatic nitrogens is 1. The van der Waals surface area contributed by atoms with Gasteiger partial charge in [0.25, 0.3) is 0 Å². The average Bonchev–Trinajstić information content (AvgIpc) is 2.79. The summed E-state index contributed by atoms with van der Waals surface area (Å²) in [6, 6.07) is 8.10. The summed E-state index contributed by atoms with van der Waals surface area (Å²) in [5, 5.41) is 4.34. The summed E-state index contributed by atoms with van der Waals surface area (Å²) in [6.45, 7) is 4.49. The lowest BCUT2D eigenvalue weighted by Crippen LogP contribution is -2.26. The normalized spacial score (nSPS) is 12.2. The topological polar surface area (TPSA) is 42.0 Å². The Labute approximate surface area is 197 Å². The molecule has 0 unspecified atom stereocenters. The number of carbonyl (C=O) groups excluding carboxylic acids is 1. The van der Waals surface area contributed by atoms with Crippen LogP contribution in [-0.4, -0.2) is 28.1 Å². The molecule has 5 heteroatoms. The van der Waals surface area contributed by atoms with Gasteiger partial charge >= 0.3 is 0 Å². The number of hydrogen-bond acceptors (Lipinski definition) is 4. The first-order valence-electron chi connectivity index (χ1n) is 12.0. The number of amides is 1. The van der Waals surface area contributed by atoms with Gasteiger partial charge in [0.1, 0.15) is 0 Å². The molecule has 2 aromatic rings. The van der Waals surface area contributed by atoms with Gasteiger partial charge in [0, 0.05) is 16.5 Å². The highest BCUT2D eigenvalue weighted by atomic mass is 32.2. The summed E-state index contributed by atoms with van der Waals surface area (Å²) >= 11 is 3.52. The summed E-state index contributed by atoms with van der Waals surface area (Å²) in [5.74, 6) is 1.22. The second-order valence-corrected chi connectivity index (χ2v) is 10.3. The number of hydrogen-bond donors (Lipinski definition) is 1. The minimum Gasteiger partial charge on any atom is -0.324 e. The fraction of sp³-hybridized carbons (Fsp3) is 0.615. The van der Waals surface area contributed by atoms with E-state index in [-0.39, 0.29) is 11.2 Å². The maximum Gasteiger partial charge on any atom is 0.237 e. The van der Waals surface area contributed by atoms with Crippen LogP contribution in [0.4, 0.5) is 5.69 Å². The third kappa shape index (κ3) is 9.05. The molecular formula is C26H40N2OS2. The van der Waals surface area contributed by atoms with Crippen molar-refractivity contribution in [2.45, 2.75) is 94.6 Å². The highest BCUT2D eigenvalue weighted by Gasteiger charge is 2.21. The summed E-state index contributed by atoms with van der Waals surface area (Å²) in [7, 11) is 0. The van der Waals surface area contributed by atoms with Gasteiger partial charge < -0.3 is 5.32 Å². The van der Waals surface area contributed by atoms with Crippen LogP contribution in [0.25, 0.3) is 10.9 Å². The van der Waals surface area contributed by atoms with Gasteiger partial charge in [-0.25, -0.2) is 0 Å². The van der Waals surface area contributed by atoms with Gasteiger partial charge in [-0.15, -0.1) is 23.5 Å². The zero-order valence-corrected chi connectivity index (χ0v) is 21.3. The van der Waals surface area contributed by atoms with Crippen molar-refractivity contribution in [1.29, 1.82) is 0 Å². The molecule has 0 bridgehead atoms. The molecule has 0 fully saturated rings. The van der Waals surface area contributed by atoms with E-state index in [9.17, 15) is 4.79 Å². The van der Waals surface area contributed by atoms with Gasteiger partial charge in [0.2, 0.25) is 5.91 Å². The van der Waals surface area contributed by atoms with Crippen molar-refractivity contribution < 1.29 is 4.79 Å². The molecule has 172 valence electrons. The number of benzene rings is 1. The van der Waals surface area contributed by atoms with E-state index in [1.54, 1.807) is 18.0 Å². The minimum absolute atomic E-state index is 0.0226. The molecule has 1 heterocycles. The Morgan fingerprint density at radius 1 is 0.968 bits per heavy atom. The number of pyridine rings is 1. The second kappa shape index (κ2) is 15.6. The van der Waals surface area contributed by atoms with Gasteiger partial charge in [-0.1, -0.05) is 71.6 Å². The molecule has 2 rings (SSSR count). The van der Waals surface area contributed by atoms with Crippen molar-refractivity contribution in [3.8, 4) is 0 Å². The Balaban J connectivity index is 2.04. The number of unbranched alkanes of at least 4 members (excludes halogenated alkanes) is 8. The van der Waals surface area contributed by atoms with E-state index in [2.05, 4.69) is 42.5 Å². The number of rotatable bonds is 16. The first kappa shape index (κ1) is 26.1. The molecule has 1 amide bonds. The predicted molar refractivity (Wildman–Crippen MR) is 141 cm³/mol. The Morgan fingerprint density at radius 2 is 1.68 bits per heavy atom. The van der Waals surface area contributed by atoms with Gasteiger partial charge in [0.15, 0.2) is 0 Å². The lowest BCUT2D eigenvalue weighted by molar-refractivity contribution is -0.115. The zero-order valence-electron chi connectivity index (χ0n) is 19.6. The number of nitrogens with one attached hydrogen (secondary N) is 1. The molecular weight excluding hydrogens is 420 g/mol. The van der Waals surface area contributed by atoms with Crippen molar-refractivity contribution in [2.75, 3.05) is 17.3 Å². The average molecular weight is 461 g/mol. The summed E-state index contributed by atoms with van der Waals surface area (Å²) in [5.41, 5.74) is 1.85. The fourth-order valence-corrected chi connectivity index (χ4v) is 5.56. The van der Waals surface area contributed by atoms with E-state index in [0.717, 1.165) is 40.1 Å². The first-order chi connectivity index (χ1) is 15.2. The predicted octanol–water partition coefficient (Wildman–Crippen LogP) is 8.33. The van der Waals surface area contributed by atoms with Gasteiger partial charge in [-0.3, -0.25) is 9.78 Å². The lowest BCUT2D eigenvalue weighted by atomic mass is 10.1. The van der Waals surface area contributed by atoms with Gasteiger partial charge in [0.05, 0.1) is 16.5 Å². The minimum atomic E-state index is 0.0226. The lowest BCUT2D eigenvalue weighted by Gasteiger charge is -2.19. The number of fused-ring (bicyclic) bond motifs is 1. The SMILES string of the molecule is CCCCCCCC[C@H](SCCCCCC)C(=O)Nc1c(SC)ccc2ncccc12. The molecule has 0 aliphatic heterocycles. The van der Waals surface area contributed by atoms with Crippen LogP contribution in [0.15, 0.2) is 35.4 Å². The Bertz CT molecular complexity index is 781. The van der Waals surface area contributed by atoms with E-state index in [0.29, 0.717) is 0 Å². The van der Waals surface area contributed by atoms with Crippen molar-refractivity contribution in [2.24, 2.45) is 0 Å². The van der Waals surface area contributed by atoms with Crippen LogP contribution < -0.4 is 5.32 Å². The standard InChI is InChI=1S/C26H40N2OS2/c1-4-6-8-10-11-12-16-24(31-20-13-9-7-5-2)26(29)28-25-21-15-14-19-27-22(21)17-18-23(25)30-3/h14-15,17-19,24H,4-13,16,20H2,1-3H3,(H,28,29)/t24-/m0/s1. The van der Waals surface area contributed by atoms with Crippen LogP contribution in [-0.2, 0) is 4.79 Å². The number of nitrogens with zero attached hydrogens (tertiary/aromatic N) is 1. The van der Waals surface area contributed by atoms with Crippen LogP contribution in [0.5, 0.6) is 0 Å². The van der Waals surface area contributed by atoms with E-state index in [1.165, 1.54) is 57.8 Å².